The third-order valence-electron chi connectivity index (χ3n) is 3.66. The Morgan fingerprint density at radius 1 is 1.35 bits per heavy atom. The highest BCUT2D eigenvalue weighted by Gasteiger charge is 2.23. The topological polar surface area (TPSA) is 40.5 Å². The van der Waals surface area contributed by atoms with Crippen LogP contribution in [-0.2, 0) is 0 Å². The van der Waals surface area contributed by atoms with E-state index in [-0.39, 0.29) is 18.6 Å². The number of aliphatic hydroxyl groups is 1. The number of thioether (sulfide) groups is 1. The van der Waals surface area contributed by atoms with E-state index in [1.165, 1.54) is 0 Å². The zero-order valence-electron chi connectivity index (χ0n) is 12.8. The Hall–Kier alpha value is -1.00. The van der Waals surface area contributed by atoms with E-state index < -0.39 is 0 Å². The minimum absolute atomic E-state index is 0.00348. The van der Waals surface area contributed by atoms with Gasteiger partial charge in [-0.3, -0.25) is 4.79 Å². The number of carbonyl (C=O) groups excluding carboxylic acids is 1. The highest BCUT2D eigenvalue weighted by molar-refractivity contribution is 7.98. The number of nitrogens with zero attached hydrogens (tertiary/aromatic N) is 1. The van der Waals surface area contributed by atoms with E-state index in [0.29, 0.717) is 6.54 Å². The van der Waals surface area contributed by atoms with Gasteiger partial charge in [-0.05, 0) is 43.7 Å². The van der Waals surface area contributed by atoms with E-state index in [1.54, 1.807) is 11.8 Å². The first-order valence-corrected chi connectivity index (χ1v) is 8.37. The second-order valence-electron chi connectivity index (χ2n) is 4.87. The highest BCUT2D eigenvalue weighted by atomic mass is 32.2. The summed E-state index contributed by atoms with van der Waals surface area (Å²) in [7, 11) is 0. The Kier molecular flexibility index (Phi) is 7.10. The summed E-state index contributed by atoms with van der Waals surface area (Å²) in [4.78, 5) is 15.7. The summed E-state index contributed by atoms with van der Waals surface area (Å²) >= 11 is 1.63. The lowest BCUT2D eigenvalue weighted by Crippen LogP contribution is -2.41. The molecule has 112 valence electrons. The minimum Gasteiger partial charge on any atom is -0.395 e. The van der Waals surface area contributed by atoms with Gasteiger partial charge < -0.3 is 10.0 Å². The number of carbonyl (C=O) groups is 1. The highest BCUT2D eigenvalue weighted by Crippen LogP contribution is 2.22. The molecule has 0 unspecified atom stereocenters. The molecule has 0 aliphatic carbocycles. The molecule has 0 saturated carbocycles. The van der Waals surface area contributed by atoms with Crippen molar-refractivity contribution >= 4 is 17.7 Å². The molecule has 1 aromatic carbocycles. The molecule has 1 aromatic rings. The summed E-state index contributed by atoms with van der Waals surface area (Å²) in [6, 6.07) is 6.16. The zero-order valence-corrected chi connectivity index (χ0v) is 13.7. The molecule has 20 heavy (non-hydrogen) atoms. The molecule has 0 saturated heterocycles. The number of hydrogen-bond acceptors (Lipinski definition) is 3. The molecule has 0 aliphatic heterocycles. The second-order valence-corrected chi connectivity index (χ2v) is 5.75. The first-order chi connectivity index (χ1) is 9.58. The van der Waals surface area contributed by atoms with Crippen LogP contribution in [0.2, 0.25) is 0 Å². The van der Waals surface area contributed by atoms with Crippen molar-refractivity contribution in [1.29, 1.82) is 0 Å². The van der Waals surface area contributed by atoms with Gasteiger partial charge in [0.1, 0.15) is 0 Å². The summed E-state index contributed by atoms with van der Waals surface area (Å²) in [6.07, 6.45) is 3.82. The van der Waals surface area contributed by atoms with E-state index in [9.17, 15) is 9.90 Å². The minimum atomic E-state index is 0.00348. The van der Waals surface area contributed by atoms with E-state index >= 15 is 0 Å². The van der Waals surface area contributed by atoms with Gasteiger partial charge in [0.05, 0.1) is 6.61 Å². The average molecular weight is 295 g/mol. The molecule has 1 amide bonds. The molecule has 0 heterocycles. The summed E-state index contributed by atoms with van der Waals surface area (Å²) in [5, 5.41) is 9.24. The maximum absolute atomic E-state index is 12.8. The van der Waals surface area contributed by atoms with Gasteiger partial charge in [0.15, 0.2) is 0 Å². The first-order valence-electron chi connectivity index (χ1n) is 7.15. The number of aliphatic hydroxyl groups excluding tert-OH is 1. The number of hydrogen-bond donors (Lipinski definition) is 1. The zero-order chi connectivity index (χ0) is 15.1. The Morgan fingerprint density at radius 3 is 2.50 bits per heavy atom. The number of benzene rings is 1. The average Bonchev–Trinajstić information content (AvgIpc) is 2.47. The van der Waals surface area contributed by atoms with Crippen molar-refractivity contribution in [2.45, 2.75) is 44.6 Å². The lowest BCUT2D eigenvalue weighted by molar-refractivity contribution is 0.0621. The van der Waals surface area contributed by atoms with Crippen molar-refractivity contribution in [3.63, 3.8) is 0 Å². The Bertz CT molecular complexity index is 444. The molecular weight excluding hydrogens is 270 g/mol. The van der Waals surface area contributed by atoms with Crippen LogP contribution in [0.3, 0.4) is 0 Å². The molecule has 0 fully saturated rings. The molecule has 0 spiro atoms. The molecule has 1 N–H and O–H groups in total. The first kappa shape index (κ1) is 17.1. The predicted molar refractivity (Wildman–Crippen MR) is 85.5 cm³/mol. The second kappa shape index (κ2) is 8.32. The largest absolute Gasteiger partial charge is 0.395 e. The van der Waals surface area contributed by atoms with Crippen LogP contribution in [0.4, 0.5) is 0 Å². The lowest BCUT2D eigenvalue weighted by Gasteiger charge is -2.30. The van der Waals surface area contributed by atoms with Crippen molar-refractivity contribution in [2.24, 2.45) is 0 Å². The monoisotopic (exact) mass is 295 g/mol. The van der Waals surface area contributed by atoms with Crippen LogP contribution < -0.4 is 0 Å². The molecule has 0 aliphatic rings. The smallest absolute Gasteiger partial charge is 0.254 e. The lowest BCUT2D eigenvalue weighted by atomic mass is 10.0. The summed E-state index contributed by atoms with van der Waals surface area (Å²) in [5.41, 5.74) is 1.74. The van der Waals surface area contributed by atoms with Crippen LogP contribution >= 0.6 is 11.8 Å². The Morgan fingerprint density at radius 2 is 2.00 bits per heavy atom. The Labute approximate surface area is 126 Å². The van der Waals surface area contributed by atoms with E-state index in [4.69, 9.17) is 0 Å². The summed E-state index contributed by atoms with van der Waals surface area (Å²) in [6.45, 7) is 6.52. The summed E-state index contributed by atoms with van der Waals surface area (Å²) in [5.74, 6) is 0.0288. The molecule has 4 heteroatoms. The maximum Gasteiger partial charge on any atom is 0.254 e. The van der Waals surface area contributed by atoms with E-state index in [1.807, 2.05) is 36.3 Å². The van der Waals surface area contributed by atoms with Crippen LogP contribution in [0.5, 0.6) is 0 Å². The van der Waals surface area contributed by atoms with Gasteiger partial charge in [0, 0.05) is 23.0 Å². The molecule has 3 nitrogen and oxygen atoms in total. The molecule has 0 aromatic heterocycles. The van der Waals surface area contributed by atoms with Crippen molar-refractivity contribution in [2.75, 3.05) is 19.4 Å². The summed E-state index contributed by atoms with van der Waals surface area (Å²) < 4.78 is 0. The third kappa shape index (κ3) is 4.00. The predicted octanol–water partition coefficient (Wildman–Crippen LogP) is 3.34. The van der Waals surface area contributed by atoms with Crippen molar-refractivity contribution in [3.8, 4) is 0 Å². The fourth-order valence-electron chi connectivity index (χ4n) is 2.40. The number of amides is 1. The van der Waals surface area contributed by atoms with Crippen LogP contribution in [0.25, 0.3) is 0 Å². The normalized spacial score (nSPS) is 10.9. The van der Waals surface area contributed by atoms with Crippen LogP contribution in [0.1, 0.15) is 42.6 Å². The van der Waals surface area contributed by atoms with Crippen molar-refractivity contribution in [3.05, 3.63) is 29.3 Å². The molecule has 0 atom stereocenters. The van der Waals surface area contributed by atoms with Gasteiger partial charge >= 0.3 is 0 Å². The SMILES string of the molecule is CCC(CC)N(CCO)C(=O)c1cc(SC)ccc1C. The fourth-order valence-corrected chi connectivity index (χ4v) is 2.84. The Balaban J connectivity index is 3.11. The van der Waals surface area contributed by atoms with Gasteiger partial charge in [-0.2, -0.15) is 0 Å². The molecule has 0 bridgehead atoms. The van der Waals surface area contributed by atoms with Gasteiger partial charge in [0.25, 0.3) is 5.91 Å². The fraction of sp³-hybridized carbons (Fsp3) is 0.562. The standard InChI is InChI=1S/C16H25NO2S/c1-5-13(6-2)17(9-10-18)16(19)15-11-14(20-4)8-7-12(15)3/h7-8,11,13,18H,5-6,9-10H2,1-4H3. The number of aryl methyl sites for hydroxylation is 1. The molecule has 1 rings (SSSR count). The van der Waals surface area contributed by atoms with E-state index in [2.05, 4.69) is 13.8 Å². The maximum atomic E-state index is 12.8. The van der Waals surface area contributed by atoms with E-state index in [0.717, 1.165) is 28.9 Å². The van der Waals surface area contributed by atoms with Crippen LogP contribution in [0, 0.1) is 6.92 Å². The van der Waals surface area contributed by atoms with Crippen LogP contribution in [0.15, 0.2) is 23.1 Å². The van der Waals surface area contributed by atoms with Gasteiger partial charge in [-0.1, -0.05) is 19.9 Å². The number of rotatable bonds is 7. The van der Waals surface area contributed by atoms with Gasteiger partial charge in [-0.25, -0.2) is 0 Å². The van der Waals surface area contributed by atoms with Gasteiger partial charge in [-0.15, -0.1) is 11.8 Å². The van der Waals surface area contributed by atoms with Gasteiger partial charge in [0.2, 0.25) is 0 Å². The van der Waals surface area contributed by atoms with Crippen molar-refractivity contribution in [1.82, 2.24) is 4.90 Å². The third-order valence-corrected chi connectivity index (χ3v) is 4.39. The van der Waals surface area contributed by atoms with Crippen LogP contribution in [-0.4, -0.2) is 41.4 Å². The molecule has 0 radical (unpaired) electrons. The van der Waals surface area contributed by atoms with Crippen molar-refractivity contribution < 1.29 is 9.90 Å². The molecular formula is C16H25NO2S. The quantitative estimate of drug-likeness (QED) is 0.784.